The third kappa shape index (κ3) is 3.83. The average molecular weight is 468 g/mol. The predicted molar refractivity (Wildman–Crippen MR) is 149 cm³/mol. The Kier molecular flexibility index (Phi) is 5.73. The Hall–Kier alpha value is -4.04. The lowest BCUT2D eigenvalue weighted by Gasteiger charge is -2.33. The van der Waals surface area contributed by atoms with E-state index in [-0.39, 0.29) is 6.04 Å². The molecular formula is C34H31N2+. The van der Waals surface area contributed by atoms with Crippen LogP contribution in [0.2, 0.25) is 0 Å². The van der Waals surface area contributed by atoms with Crippen molar-refractivity contribution in [2.45, 2.75) is 38.3 Å². The molecule has 0 spiro atoms. The standard InChI is InChI=1S/C34H31N2/c1-4-32-29-17-11-10-16-28(29)30-19-18-26-14-8-9-15-27(26)33-20-23(2)31(25-12-6-5-7-13-25)22-36(33)21-24(3)34(30)35-32/h4-17,20,22,30,34H,1,3,18-19,21H2,2H3/q+1. The van der Waals surface area contributed by atoms with Crippen molar-refractivity contribution < 1.29 is 4.57 Å². The van der Waals surface area contributed by atoms with Gasteiger partial charge in [-0.3, -0.25) is 4.99 Å². The maximum Gasteiger partial charge on any atom is 0.213 e. The van der Waals surface area contributed by atoms with E-state index in [9.17, 15) is 0 Å². The lowest BCUT2D eigenvalue weighted by atomic mass is 9.77. The first kappa shape index (κ1) is 22.4. The van der Waals surface area contributed by atoms with Crippen molar-refractivity contribution in [3.05, 3.63) is 138 Å². The van der Waals surface area contributed by atoms with Gasteiger partial charge in [0.05, 0.1) is 11.8 Å². The Morgan fingerprint density at radius 1 is 0.889 bits per heavy atom. The molecule has 4 aromatic rings. The van der Waals surface area contributed by atoms with Crippen LogP contribution in [-0.4, -0.2) is 11.8 Å². The van der Waals surface area contributed by atoms with Crippen molar-refractivity contribution in [3.8, 4) is 22.4 Å². The number of pyridine rings is 1. The summed E-state index contributed by atoms with van der Waals surface area (Å²) in [7, 11) is 0. The highest BCUT2D eigenvalue weighted by Crippen LogP contribution is 2.39. The first-order valence-corrected chi connectivity index (χ1v) is 12.8. The average Bonchev–Trinajstić information content (AvgIpc) is 2.92. The van der Waals surface area contributed by atoms with E-state index in [0.29, 0.717) is 5.92 Å². The third-order valence-electron chi connectivity index (χ3n) is 7.76. The third-order valence-corrected chi connectivity index (χ3v) is 7.76. The summed E-state index contributed by atoms with van der Waals surface area (Å²) < 4.78 is 2.39. The molecule has 2 atom stereocenters. The summed E-state index contributed by atoms with van der Waals surface area (Å²) in [5.74, 6) is 0.298. The van der Waals surface area contributed by atoms with Crippen LogP contribution in [0.4, 0.5) is 0 Å². The second kappa shape index (κ2) is 9.20. The summed E-state index contributed by atoms with van der Waals surface area (Å²) in [5.41, 5.74) is 12.4. The van der Waals surface area contributed by atoms with Crippen LogP contribution in [-0.2, 0) is 13.0 Å². The van der Waals surface area contributed by atoms with Crippen LogP contribution < -0.4 is 4.57 Å². The first-order valence-electron chi connectivity index (χ1n) is 12.8. The SMILES string of the molecule is C=CC1=NC2C(=C)C[n+]3cc(-c4ccccc4)c(C)cc3-c3ccccc3CCC2c2ccccc21. The molecule has 3 heterocycles. The predicted octanol–water partition coefficient (Wildman–Crippen LogP) is 7.26. The van der Waals surface area contributed by atoms with Crippen LogP contribution >= 0.6 is 0 Å². The van der Waals surface area contributed by atoms with E-state index in [0.717, 1.165) is 30.7 Å². The van der Waals surface area contributed by atoms with E-state index in [1.165, 1.54) is 44.6 Å². The number of hydrogen-bond donors (Lipinski definition) is 0. The van der Waals surface area contributed by atoms with Gasteiger partial charge in [0.2, 0.25) is 5.69 Å². The Morgan fingerprint density at radius 2 is 1.61 bits per heavy atom. The molecule has 0 saturated carbocycles. The minimum absolute atomic E-state index is 0.0278. The van der Waals surface area contributed by atoms with Gasteiger partial charge in [0, 0.05) is 34.2 Å². The maximum absolute atomic E-state index is 5.23. The topological polar surface area (TPSA) is 16.2 Å². The first-order chi connectivity index (χ1) is 17.6. The molecule has 0 aliphatic carbocycles. The number of allylic oxidation sites excluding steroid dienone is 1. The Balaban J connectivity index is 1.54. The summed E-state index contributed by atoms with van der Waals surface area (Å²) in [6.07, 6.45) is 6.24. The Bertz CT molecular complexity index is 1510. The van der Waals surface area contributed by atoms with Gasteiger partial charge in [-0.25, -0.2) is 0 Å². The molecule has 2 heteroatoms. The number of benzene rings is 3. The van der Waals surface area contributed by atoms with Crippen LogP contribution in [0.3, 0.4) is 0 Å². The van der Waals surface area contributed by atoms with Gasteiger partial charge in [0.15, 0.2) is 12.7 Å². The van der Waals surface area contributed by atoms with Crippen LogP contribution in [0.1, 0.15) is 34.6 Å². The fourth-order valence-corrected chi connectivity index (χ4v) is 5.97. The smallest absolute Gasteiger partial charge is 0.213 e. The number of fused-ring (bicyclic) bond motifs is 6. The molecule has 1 aromatic heterocycles. The van der Waals surface area contributed by atoms with Gasteiger partial charge in [-0.1, -0.05) is 86.0 Å². The van der Waals surface area contributed by atoms with E-state index in [1.807, 2.05) is 6.08 Å². The van der Waals surface area contributed by atoms with Crippen molar-refractivity contribution in [1.82, 2.24) is 0 Å². The summed E-state index contributed by atoms with van der Waals surface area (Å²) in [4.78, 5) is 5.23. The molecule has 2 aliphatic rings. The molecule has 3 aromatic carbocycles. The molecule has 0 saturated heterocycles. The molecule has 0 radical (unpaired) electrons. The van der Waals surface area contributed by atoms with Gasteiger partial charge in [-0.2, -0.15) is 4.57 Å². The molecule has 2 nitrogen and oxygen atoms in total. The van der Waals surface area contributed by atoms with Crippen molar-refractivity contribution in [1.29, 1.82) is 0 Å². The summed E-state index contributed by atoms with van der Waals surface area (Å²) >= 11 is 0. The number of hydrogen-bond acceptors (Lipinski definition) is 1. The van der Waals surface area contributed by atoms with Gasteiger partial charge in [0.1, 0.15) is 0 Å². The van der Waals surface area contributed by atoms with E-state index < -0.39 is 0 Å². The highest BCUT2D eigenvalue weighted by atomic mass is 15.0. The molecule has 6 rings (SSSR count). The van der Waals surface area contributed by atoms with Gasteiger partial charge in [-0.15, -0.1) is 0 Å². The fourth-order valence-electron chi connectivity index (χ4n) is 5.97. The van der Waals surface area contributed by atoms with Gasteiger partial charge in [0.25, 0.3) is 0 Å². The lowest BCUT2D eigenvalue weighted by molar-refractivity contribution is -0.678. The van der Waals surface area contributed by atoms with E-state index >= 15 is 0 Å². The highest BCUT2D eigenvalue weighted by Gasteiger charge is 2.34. The largest absolute Gasteiger partial charge is 0.276 e. The monoisotopic (exact) mass is 467 g/mol. The Labute approximate surface area is 214 Å². The lowest BCUT2D eigenvalue weighted by Crippen LogP contribution is -2.41. The zero-order chi connectivity index (χ0) is 24.6. The zero-order valence-corrected chi connectivity index (χ0v) is 20.8. The van der Waals surface area contributed by atoms with Crippen molar-refractivity contribution >= 4 is 5.71 Å². The number of aromatic nitrogens is 1. The molecule has 0 fully saturated rings. The fraction of sp³-hybridized carbons (Fsp3) is 0.176. The molecule has 36 heavy (non-hydrogen) atoms. The van der Waals surface area contributed by atoms with E-state index in [2.05, 4.69) is 116 Å². The minimum atomic E-state index is 0.0278. The number of rotatable bonds is 2. The van der Waals surface area contributed by atoms with Crippen LogP contribution in [0.25, 0.3) is 22.4 Å². The van der Waals surface area contributed by atoms with Gasteiger partial charge in [-0.05, 0) is 54.2 Å². The minimum Gasteiger partial charge on any atom is -0.276 e. The number of nitrogens with zero attached hydrogens (tertiary/aromatic N) is 2. The molecule has 2 aliphatic heterocycles. The molecule has 0 amide bonds. The van der Waals surface area contributed by atoms with Crippen molar-refractivity contribution in [2.24, 2.45) is 4.99 Å². The Morgan fingerprint density at radius 3 is 2.42 bits per heavy atom. The second-order valence-electron chi connectivity index (χ2n) is 9.96. The normalized spacial score (nSPS) is 18.7. The van der Waals surface area contributed by atoms with Gasteiger partial charge < -0.3 is 0 Å². The zero-order valence-electron chi connectivity index (χ0n) is 20.8. The molecule has 2 unspecified atom stereocenters. The highest BCUT2D eigenvalue weighted by molar-refractivity contribution is 6.10. The molecular weight excluding hydrogens is 436 g/mol. The maximum atomic E-state index is 5.23. The second-order valence-corrected chi connectivity index (χ2v) is 9.96. The number of aliphatic imine (C=N–C) groups is 1. The van der Waals surface area contributed by atoms with Crippen LogP contribution in [0, 0.1) is 6.92 Å². The van der Waals surface area contributed by atoms with E-state index in [4.69, 9.17) is 4.99 Å². The van der Waals surface area contributed by atoms with Crippen LogP contribution in [0.5, 0.6) is 0 Å². The molecule has 176 valence electrons. The molecule has 0 bridgehead atoms. The summed E-state index contributed by atoms with van der Waals surface area (Å²) in [5, 5.41) is 0. The van der Waals surface area contributed by atoms with Crippen molar-refractivity contribution in [2.75, 3.05) is 0 Å². The molecule has 0 N–H and O–H groups in total. The van der Waals surface area contributed by atoms with Crippen molar-refractivity contribution in [3.63, 3.8) is 0 Å². The summed E-state index contributed by atoms with van der Waals surface area (Å²) in [6, 6.07) is 30.6. The summed E-state index contributed by atoms with van der Waals surface area (Å²) in [6.45, 7) is 11.6. The number of aryl methyl sites for hydroxylation is 2. The quantitative estimate of drug-likeness (QED) is 0.218. The van der Waals surface area contributed by atoms with E-state index in [1.54, 1.807) is 0 Å². The van der Waals surface area contributed by atoms with Gasteiger partial charge >= 0.3 is 0 Å². The van der Waals surface area contributed by atoms with Crippen LogP contribution in [0.15, 0.2) is 121 Å².